The molecule has 0 bridgehead atoms. The number of carbonyl (C=O) groups is 1. The second kappa shape index (κ2) is 8.11. The molecule has 3 aromatic rings. The minimum absolute atomic E-state index is 0.0554. The summed E-state index contributed by atoms with van der Waals surface area (Å²) in [6, 6.07) is 17.3. The number of amides is 1. The van der Waals surface area contributed by atoms with Crippen molar-refractivity contribution in [1.29, 1.82) is 0 Å². The molecule has 2 aliphatic heterocycles. The smallest absolute Gasteiger partial charge is 0.272 e. The molecule has 5 rings (SSSR count). The van der Waals surface area contributed by atoms with Gasteiger partial charge in [0.2, 0.25) is 0 Å². The van der Waals surface area contributed by atoms with Crippen molar-refractivity contribution < 1.29 is 14.3 Å². The van der Waals surface area contributed by atoms with E-state index in [4.69, 9.17) is 26.2 Å². The van der Waals surface area contributed by atoms with Crippen molar-refractivity contribution in [3.05, 3.63) is 70.9 Å². The Labute approximate surface area is 186 Å². The monoisotopic (exact) mass is 437 g/mol. The molecule has 0 radical (unpaired) electrons. The molecule has 160 valence electrons. The Hall–Kier alpha value is -2.67. The summed E-state index contributed by atoms with van der Waals surface area (Å²) in [4.78, 5) is 15.4. The van der Waals surface area contributed by atoms with Gasteiger partial charge in [-0.25, -0.2) is 4.68 Å². The van der Waals surface area contributed by atoms with Gasteiger partial charge in [0.05, 0.1) is 29.6 Å². The van der Waals surface area contributed by atoms with E-state index in [0.717, 1.165) is 16.8 Å². The first kappa shape index (κ1) is 20.2. The number of aryl methyl sites for hydroxylation is 1. The fourth-order valence-corrected chi connectivity index (χ4v) is 4.52. The fraction of sp³-hybridized carbons (Fsp3) is 0.333. The summed E-state index contributed by atoms with van der Waals surface area (Å²) >= 11 is 6.42. The molecule has 2 saturated heterocycles. The van der Waals surface area contributed by atoms with Crippen molar-refractivity contribution in [3.63, 3.8) is 0 Å². The van der Waals surface area contributed by atoms with Gasteiger partial charge in [0, 0.05) is 31.5 Å². The largest absolute Gasteiger partial charge is 0.347 e. The summed E-state index contributed by atoms with van der Waals surface area (Å²) in [7, 11) is 0. The molecule has 3 heterocycles. The number of rotatable bonds is 3. The average Bonchev–Trinajstić information content (AvgIpc) is 3.42. The van der Waals surface area contributed by atoms with Crippen LogP contribution in [0, 0.1) is 6.92 Å². The molecule has 31 heavy (non-hydrogen) atoms. The minimum atomic E-state index is -0.518. The van der Waals surface area contributed by atoms with E-state index in [-0.39, 0.29) is 5.91 Å². The first-order valence-corrected chi connectivity index (χ1v) is 10.9. The van der Waals surface area contributed by atoms with Crippen LogP contribution < -0.4 is 0 Å². The van der Waals surface area contributed by atoms with E-state index in [0.29, 0.717) is 55.6 Å². The SMILES string of the molecule is Cc1cccc(-n2nc(-c3ccccc3Cl)cc2C(=O)N2CCC3(CC2)OCCO3)c1. The van der Waals surface area contributed by atoms with E-state index < -0.39 is 5.79 Å². The highest BCUT2D eigenvalue weighted by Gasteiger charge is 2.41. The first-order chi connectivity index (χ1) is 15.0. The Kier molecular flexibility index (Phi) is 5.30. The van der Waals surface area contributed by atoms with Gasteiger partial charge in [-0.1, -0.05) is 41.9 Å². The van der Waals surface area contributed by atoms with Gasteiger partial charge in [-0.3, -0.25) is 4.79 Å². The number of halogens is 1. The van der Waals surface area contributed by atoms with Crippen LogP contribution in [-0.2, 0) is 9.47 Å². The highest BCUT2D eigenvalue weighted by Crippen LogP contribution is 2.33. The van der Waals surface area contributed by atoms with E-state index in [2.05, 4.69) is 0 Å². The summed E-state index contributed by atoms with van der Waals surface area (Å²) in [5.41, 5.74) is 3.94. The maximum atomic E-state index is 13.6. The Morgan fingerprint density at radius 1 is 1.03 bits per heavy atom. The molecule has 1 aromatic heterocycles. The molecule has 0 aliphatic carbocycles. The zero-order valence-corrected chi connectivity index (χ0v) is 18.1. The molecule has 0 unspecified atom stereocenters. The molecular formula is C24H24ClN3O3. The molecule has 0 atom stereocenters. The molecular weight excluding hydrogens is 414 g/mol. The van der Waals surface area contributed by atoms with Crippen molar-refractivity contribution >= 4 is 17.5 Å². The third-order valence-corrected chi connectivity index (χ3v) is 6.28. The van der Waals surface area contributed by atoms with Gasteiger partial charge in [0.1, 0.15) is 5.69 Å². The zero-order valence-electron chi connectivity index (χ0n) is 17.4. The lowest BCUT2D eigenvalue weighted by atomic mass is 10.0. The normalized spacial score (nSPS) is 17.9. The number of hydrogen-bond donors (Lipinski definition) is 0. The number of ether oxygens (including phenoxy) is 2. The predicted molar refractivity (Wildman–Crippen MR) is 119 cm³/mol. The highest BCUT2D eigenvalue weighted by atomic mass is 35.5. The van der Waals surface area contributed by atoms with Crippen LogP contribution in [0.4, 0.5) is 0 Å². The van der Waals surface area contributed by atoms with E-state index in [9.17, 15) is 4.79 Å². The molecule has 0 N–H and O–H groups in total. The topological polar surface area (TPSA) is 56.6 Å². The Bertz CT molecular complexity index is 1110. The van der Waals surface area contributed by atoms with Crippen molar-refractivity contribution in [2.45, 2.75) is 25.6 Å². The van der Waals surface area contributed by atoms with Crippen LogP contribution in [0.15, 0.2) is 54.6 Å². The molecule has 1 spiro atoms. The van der Waals surface area contributed by atoms with Crippen LogP contribution >= 0.6 is 11.6 Å². The van der Waals surface area contributed by atoms with Gasteiger partial charge in [-0.2, -0.15) is 5.10 Å². The summed E-state index contributed by atoms with van der Waals surface area (Å²) in [5, 5.41) is 5.38. The van der Waals surface area contributed by atoms with E-state index in [1.807, 2.05) is 66.4 Å². The van der Waals surface area contributed by atoms with Crippen molar-refractivity contribution in [2.75, 3.05) is 26.3 Å². The second-order valence-corrected chi connectivity index (χ2v) is 8.45. The third kappa shape index (κ3) is 3.87. The minimum Gasteiger partial charge on any atom is -0.347 e. The molecule has 7 heteroatoms. The molecule has 2 aromatic carbocycles. The van der Waals surface area contributed by atoms with Gasteiger partial charge in [0.25, 0.3) is 5.91 Å². The number of benzene rings is 2. The quantitative estimate of drug-likeness (QED) is 0.606. The number of nitrogens with zero attached hydrogens (tertiary/aromatic N) is 3. The van der Waals surface area contributed by atoms with Gasteiger partial charge in [-0.05, 0) is 36.8 Å². The van der Waals surface area contributed by atoms with Crippen molar-refractivity contribution in [3.8, 4) is 16.9 Å². The summed E-state index contributed by atoms with van der Waals surface area (Å²) in [5.74, 6) is -0.573. The van der Waals surface area contributed by atoms with Gasteiger partial charge in [0.15, 0.2) is 5.79 Å². The lowest BCUT2D eigenvalue weighted by Crippen LogP contribution is -2.47. The van der Waals surface area contributed by atoms with Crippen LogP contribution in [0.1, 0.15) is 28.9 Å². The summed E-state index contributed by atoms with van der Waals surface area (Å²) in [6.45, 7) is 4.43. The lowest BCUT2D eigenvalue weighted by Gasteiger charge is -2.37. The number of likely N-dealkylation sites (tertiary alicyclic amines) is 1. The average molecular weight is 438 g/mol. The van der Waals surface area contributed by atoms with Gasteiger partial charge < -0.3 is 14.4 Å². The van der Waals surface area contributed by atoms with Crippen LogP contribution in [-0.4, -0.2) is 52.7 Å². The van der Waals surface area contributed by atoms with Gasteiger partial charge >= 0.3 is 0 Å². The fourth-order valence-electron chi connectivity index (χ4n) is 4.29. The van der Waals surface area contributed by atoms with E-state index in [1.165, 1.54) is 0 Å². The van der Waals surface area contributed by atoms with Crippen LogP contribution in [0.2, 0.25) is 5.02 Å². The first-order valence-electron chi connectivity index (χ1n) is 10.5. The molecule has 2 fully saturated rings. The van der Waals surface area contributed by atoms with Gasteiger partial charge in [-0.15, -0.1) is 0 Å². The number of aromatic nitrogens is 2. The second-order valence-electron chi connectivity index (χ2n) is 8.05. The summed E-state index contributed by atoms with van der Waals surface area (Å²) < 4.78 is 13.3. The van der Waals surface area contributed by atoms with E-state index >= 15 is 0 Å². The predicted octanol–water partition coefficient (Wildman–Crippen LogP) is 4.48. The van der Waals surface area contributed by atoms with Crippen molar-refractivity contribution in [2.24, 2.45) is 0 Å². The van der Waals surface area contributed by atoms with Crippen LogP contribution in [0.25, 0.3) is 16.9 Å². The molecule has 2 aliphatic rings. The Balaban J connectivity index is 1.51. The number of piperidine rings is 1. The third-order valence-electron chi connectivity index (χ3n) is 5.95. The molecule has 0 saturated carbocycles. The number of carbonyl (C=O) groups excluding carboxylic acids is 1. The standard InChI is InChI=1S/C24H24ClN3O3/c1-17-5-4-6-18(15-17)28-22(16-21(26-28)19-7-2-3-8-20(19)25)23(29)27-11-9-24(10-12-27)30-13-14-31-24/h2-8,15-16H,9-14H2,1H3. The van der Waals surface area contributed by atoms with E-state index in [1.54, 1.807) is 4.68 Å². The molecule has 6 nitrogen and oxygen atoms in total. The van der Waals surface area contributed by atoms with Crippen LogP contribution in [0.3, 0.4) is 0 Å². The maximum absolute atomic E-state index is 13.6. The van der Waals surface area contributed by atoms with Crippen molar-refractivity contribution in [1.82, 2.24) is 14.7 Å². The lowest BCUT2D eigenvalue weighted by molar-refractivity contribution is -0.181. The molecule has 1 amide bonds. The Morgan fingerprint density at radius 2 is 1.77 bits per heavy atom. The maximum Gasteiger partial charge on any atom is 0.272 e. The zero-order chi connectivity index (χ0) is 21.4. The number of hydrogen-bond acceptors (Lipinski definition) is 4. The summed E-state index contributed by atoms with van der Waals surface area (Å²) in [6.07, 6.45) is 1.35. The highest BCUT2D eigenvalue weighted by molar-refractivity contribution is 6.33. The van der Waals surface area contributed by atoms with Crippen LogP contribution in [0.5, 0.6) is 0 Å². The Morgan fingerprint density at radius 3 is 2.48 bits per heavy atom.